The van der Waals surface area contributed by atoms with Crippen LogP contribution in [0.25, 0.3) is 0 Å². The van der Waals surface area contributed by atoms with Crippen LogP contribution in [0.15, 0.2) is 41.4 Å². The normalized spacial score (nSPS) is 17.2. The van der Waals surface area contributed by atoms with E-state index in [0.717, 1.165) is 31.9 Å². The molecule has 1 aliphatic rings. The van der Waals surface area contributed by atoms with Gasteiger partial charge in [0, 0.05) is 57.7 Å². The van der Waals surface area contributed by atoms with Crippen molar-refractivity contribution in [2.24, 2.45) is 7.05 Å². The van der Waals surface area contributed by atoms with Crippen LogP contribution in [-0.4, -0.2) is 76.8 Å². The molecule has 1 aliphatic heterocycles. The fraction of sp³-hybridized carbons (Fsp3) is 0.500. The van der Waals surface area contributed by atoms with E-state index < -0.39 is 10.0 Å². The lowest BCUT2D eigenvalue weighted by atomic mass is 10.1. The van der Waals surface area contributed by atoms with Crippen LogP contribution in [0, 0.1) is 0 Å². The number of hydrogen-bond donors (Lipinski definition) is 1. The summed E-state index contributed by atoms with van der Waals surface area (Å²) in [6, 6.07) is 8.60. The van der Waals surface area contributed by atoms with Gasteiger partial charge < -0.3 is 18.9 Å². The maximum atomic E-state index is 13.0. The Balaban J connectivity index is 1.80. The van der Waals surface area contributed by atoms with Crippen LogP contribution in [0.1, 0.15) is 11.7 Å². The summed E-state index contributed by atoms with van der Waals surface area (Å²) in [7, 11) is 3.40. The summed E-state index contributed by atoms with van der Waals surface area (Å²) in [6.45, 7) is 4.00. The molecule has 2 heterocycles. The van der Waals surface area contributed by atoms with Crippen molar-refractivity contribution >= 4 is 10.0 Å². The Morgan fingerprint density at radius 2 is 1.72 bits per heavy atom. The van der Waals surface area contributed by atoms with Crippen LogP contribution < -0.4 is 14.2 Å². The molecule has 1 aromatic carbocycles. The van der Waals surface area contributed by atoms with Crippen molar-refractivity contribution in [1.29, 1.82) is 0 Å². The summed E-state index contributed by atoms with van der Waals surface area (Å²) in [6.07, 6.45) is 1.99. The highest BCUT2D eigenvalue weighted by molar-refractivity contribution is 7.89. The van der Waals surface area contributed by atoms with Crippen LogP contribution in [0.3, 0.4) is 0 Å². The number of aryl methyl sites for hydroxylation is 1. The van der Waals surface area contributed by atoms with Gasteiger partial charge in [-0.05, 0) is 31.3 Å². The van der Waals surface area contributed by atoms with E-state index in [1.54, 1.807) is 6.07 Å². The molecule has 2 aromatic rings. The highest BCUT2D eigenvalue weighted by atomic mass is 32.2. The van der Waals surface area contributed by atoms with Gasteiger partial charge >= 0.3 is 0 Å². The number of sulfonamides is 1. The molecule has 1 fully saturated rings. The molecule has 3 rings (SSSR count). The first-order chi connectivity index (χ1) is 13.9. The first kappa shape index (κ1) is 21.6. The Kier molecular flexibility index (Phi) is 6.84. The van der Waals surface area contributed by atoms with Crippen LogP contribution in [0.2, 0.25) is 0 Å². The smallest absolute Gasteiger partial charge is 0.240 e. The predicted molar refractivity (Wildman–Crippen MR) is 112 cm³/mol. The Hall–Kier alpha value is -2.07. The number of benzene rings is 1. The molecule has 9 heteroatoms. The fourth-order valence-corrected chi connectivity index (χ4v) is 4.68. The molecule has 0 spiro atoms. The number of hydrogen-bond acceptors (Lipinski definition) is 6. The number of aromatic nitrogens is 1. The van der Waals surface area contributed by atoms with E-state index in [2.05, 4.69) is 21.6 Å². The number of rotatable bonds is 8. The molecule has 1 unspecified atom stereocenters. The van der Waals surface area contributed by atoms with Crippen LogP contribution in [0.4, 0.5) is 0 Å². The average molecular weight is 423 g/mol. The van der Waals surface area contributed by atoms with Gasteiger partial charge in [0.1, 0.15) is 0 Å². The summed E-state index contributed by atoms with van der Waals surface area (Å²) in [5, 5.41) is 0. The summed E-state index contributed by atoms with van der Waals surface area (Å²) in [5.41, 5.74) is 1.09. The van der Waals surface area contributed by atoms with Crippen molar-refractivity contribution < 1.29 is 17.9 Å². The standard InChI is InChI=1S/C20H30N4O4S/c1-22-10-12-24(13-11-22)18(17-6-5-9-23(17)2)15-21-29(25,26)16-7-8-19(27-3)20(14-16)28-4/h5-9,14,18,21H,10-13,15H2,1-4H3. The third-order valence-electron chi connectivity index (χ3n) is 5.44. The van der Waals surface area contributed by atoms with E-state index in [4.69, 9.17) is 9.47 Å². The SMILES string of the molecule is COc1ccc(S(=O)(=O)NCC(c2cccn2C)N2CCN(C)CC2)cc1OC. The van der Waals surface area contributed by atoms with Crippen molar-refractivity contribution in [3.05, 3.63) is 42.2 Å². The largest absolute Gasteiger partial charge is 0.493 e. The van der Waals surface area contributed by atoms with Gasteiger partial charge in [0.25, 0.3) is 0 Å². The maximum Gasteiger partial charge on any atom is 0.240 e. The van der Waals surface area contributed by atoms with Crippen molar-refractivity contribution in [1.82, 2.24) is 19.1 Å². The van der Waals surface area contributed by atoms with Gasteiger partial charge in [-0.1, -0.05) is 0 Å². The zero-order chi connectivity index (χ0) is 21.0. The number of ether oxygens (including phenoxy) is 2. The van der Waals surface area contributed by atoms with Crippen molar-refractivity contribution in [2.75, 3.05) is 54.0 Å². The Bertz CT molecular complexity index is 920. The van der Waals surface area contributed by atoms with E-state index in [-0.39, 0.29) is 17.5 Å². The fourth-order valence-electron chi connectivity index (χ4n) is 3.63. The van der Waals surface area contributed by atoms with Gasteiger partial charge in [-0.25, -0.2) is 13.1 Å². The van der Waals surface area contributed by atoms with Crippen molar-refractivity contribution in [3.63, 3.8) is 0 Å². The molecule has 0 bridgehead atoms. The first-order valence-corrected chi connectivity index (χ1v) is 11.1. The molecule has 0 saturated carbocycles. The lowest BCUT2D eigenvalue weighted by Gasteiger charge is -2.38. The molecular formula is C20H30N4O4S. The van der Waals surface area contributed by atoms with Gasteiger partial charge in [0.2, 0.25) is 10.0 Å². The number of piperazine rings is 1. The molecule has 0 amide bonds. The number of nitrogens with one attached hydrogen (secondary N) is 1. The van der Waals surface area contributed by atoms with Gasteiger partial charge in [0.15, 0.2) is 11.5 Å². The van der Waals surface area contributed by atoms with Crippen LogP contribution in [-0.2, 0) is 17.1 Å². The summed E-state index contributed by atoms with van der Waals surface area (Å²) in [5.74, 6) is 0.874. The minimum atomic E-state index is -3.70. The molecule has 160 valence electrons. The first-order valence-electron chi connectivity index (χ1n) is 9.61. The molecule has 1 atom stereocenters. The lowest BCUT2D eigenvalue weighted by Crippen LogP contribution is -2.48. The Labute approximate surface area is 173 Å². The van der Waals surface area contributed by atoms with Gasteiger partial charge in [-0.2, -0.15) is 0 Å². The monoisotopic (exact) mass is 422 g/mol. The van der Waals surface area contributed by atoms with Gasteiger partial charge in [-0.3, -0.25) is 4.90 Å². The summed E-state index contributed by atoms with van der Waals surface area (Å²) in [4.78, 5) is 4.78. The minimum absolute atomic E-state index is 0.0429. The van der Waals surface area contributed by atoms with E-state index in [1.165, 1.54) is 26.4 Å². The number of likely N-dealkylation sites (N-methyl/N-ethyl adjacent to an activating group) is 1. The molecule has 1 aromatic heterocycles. The molecule has 1 saturated heterocycles. The van der Waals surface area contributed by atoms with Crippen molar-refractivity contribution in [3.8, 4) is 11.5 Å². The molecule has 29 heavy (non-hydrogen) atoms. The number of nitrogens with zero attached hydrogens (tertiary/aromatic N) is 3. The van der Waals surface area contributed by atoms with Crippen molar-refractivity contribution in [2.45, 2.75) is 10.9 Å². The topological polar surface area (TPSA) is 76.0 Å². The lowest BCUT2D eigenvalue weighted by molar-refractivity contribution is 0.109. The molecule has 0 radical (unpaired) electrons. The second-order valence-electron chi connectivity index (χ2n) is 7.27. The zero-order valence-corrected chi connectivity index (χ0v) is 18.3. The number of methoxy groups -OCH3 is 2. The Morgan fingerprint density at radius 1 is 1.03 bits per heavy atom. The van der Waals surface area contributed by atoms with E-state index in [9.17, 15) is 8.42 Å². The third kappa shape index (κ3) is 4.92. The predicted octanol–water partition coefficient (Wildman–Crippen LogP) is 1.31. The third-order valence-corrected chi connectivity index (χ3v) is 6.86. The average Bonchev–Trinajstić information content (AvgIpc) is 3.14. The van der Waals surface area contributed by atoms with Gasteiger partial charge in [-0.15, -0.1) is 0 Å². The summed E-state index contributed by atoms with van der Waals surface area (Å²) >= 11 is 0. The second-order valence-corrected chi connectivity index (χ2v) is 9.03. The molecule has 1 N–H and O–H groups in total. The quantitative estimate of drug-likeness (QED) is 0.691. The molecule has 0 aliphatic carbocycles. The minimum Gasteiger partial charge on any atom is -0.493 e. The zero-order valence-electron chi connectivity index (χ0n) is 17.5. The van der Waals surface area contributed by atoms with E-state index in [1.807, 2.05) is 29.9 Å². The summed E-state index contributed by atoms with van der Waals surface area (Å²) < 4.78 is 41.2. The van der Waals surface area contributed by atoms with E-state index >= 15 is 0 Å². The maximum absolute atomic E-state index is 13.0. The van der Waals surface area contributed by atoms with Gasteiger partial charge in [0.05, 0.1) is 25.2 Å². The molecular weight excluding hydrogens is 392 g/mol. The molecule has 8 nitrogen and oxygen atoms in total. The van der Waals surface area contributed by atoms with E-state index in [0.29, 0.717) is 11.5 Å². The highest BCUT2D eigenvalue weighted by Crippen LogP contribution is 2.29. The second kappa shape index (κ2) is 9.17. The highest BCUT2D eigenvalue weighted by Gasteiger charge is 2.27. The Morgan fingerprint density at radius 3 is 2.31 bits per heavy atom. The van der Waals surface area contributed by atoms with Crippen LogP contribution >= 0.6 is 0 Å². The van der Waals surface area contributed by atoms with Crippen LogP contribution in [0.5, 0.6) is 11.5 Å².